The van der Waals surface area contributed by atoms with Crippen LogP contribution in [0.2, 0.25) is 0 Å². The number of amides is 1. The summed E-state index contributed by atoms with van der Waals surface area (Å²) in [5.74, 6) is 0.747. The van der Waals surface area contributed by atoms with E-state index in [0.717, 1.165) is 18.8 Å². The van der Waals surface area contributed by atoms with Gasteiger partial charge in [-0.15, -0.1) is 0 Å². The van der Waals surface area contributed by atoms with E-state index in [1.165, 1.54) is 24.0 Å². The van der Waals surface area contributed by atoms with Crippen molar-refractivity contribution >= 4 is 5.91 Å². The molecule has 1 saturated heterocycles. The SMILES string of the molecule is CC(C)Oc1ccc(C(=O)NC[C@@H](c2ccc(C(C)(C)C)cc2)N2CCCC2)cc1. The van der Waals surface area contributed by atoms with Gasteiger partial charge in [0, 0.05) is 12.1 Å². The fraction of sp³-hybridized carbons (Fsp3) is 0.500. The number of carbonyl (C=O) groups excluding carboxylic acids is 1. The molecule has 0 radical (unpaired) electrons. The third-order valence-electron chi connectivity index (χ3n) is 5.69. The summed E-state index contributed by atoms with van der Waals surface area (Å²) in [6.07, 6.45) is 2.57. The van der Waals surface area contributed by atoms with Crippen LogP contribution in [0, 0.1) is 0 Å². The topological polar surface area (TPSA) is 41.6 Å². The first-order valence-corrected chi connectivity index (χ1v) is 11.1. The van der Waals surface area contributed by atoms with Crippen LogP contribution in [0.4, 0.5) is 0 Å². The first-order valence-electron chi connectivity index (χ1n) is 11.1. The van der Waals surface area contributed by atoms with Gasteiger partial charge in [0.05, 0.1) is 12.1 Å². The molecule has 0 aliphatic carbocycles. The Labute approximate surface area is 181 Å². The van der Waals surface area contributed by atoms with Crippen molar-refractivity contribution in [3.63, 3.8) is 0 Å². The van der Waals surface area contributed by atoms with Gasteiger partial charge in [-0.2, -0.15) is 0 Å². The standard InChI is InChI=1S/C26H36N2O2/c1-19(2)30-23-14-10-21(11-15-23)25(29)27-18-24(28-16-6-7-17-28)20-8-12-22(13-9-20)26(3,4)5/h8-15,19,24H,6-7,16-18H2,1-5H3,(H,27,29)/t24-/m0/s1. The molecule has 2 aromatic carbocycles. The summed E-state index contributed by atoms with van der Waals surface area (Å²) in [5, 5.41) is 3.16. The van der Waals surface area contributed by atoms with E-state index in [0.29, 0.717) is 12.1 Å². The van der Waals surface area contributed by atoms with Crippen molar-refractivity contribution in [1.29, 1.82) is 0 Å². The van der Waals surface area contributed by atoms with Crippen molar-refractivity contribution in [2.75, 3.05) is 19.6 Å². The van der Waals surface area contributed by atoms with Crippen molar-refractivity contribution in [2.24, 2.45) is 0 Å². The van der Waals surface area contributed by atoms with Crippen LogP contribution in [0.3, 0.4) is 0 Å². The third-order valence-corrected chi connectivity index (χ3v) is 5.69. The summed E-state index contributed by atoms with van der Waals surface area (Å²) in [5.41, 5.74) is 3.40. The van der Waals surface area contributed by atoms with Gasteiger partial charge in [0.15, 0.2) is 0 Å². The highest BCUT2D eigenvalue weighted by molar-refractivity contribution is 5.94. The van der Waals surface area contributed by atoms with E-state index in [2.05, 4.69) is 55.3 Å². The van der Waals surface area contributed by atoms with Gasteiger partial charge in [-0.05, 0) is 80.6 Å². The summed E-state index contributed by atoms with van der Waals surface area (Å²) >= 11 is 0. The molecule has 1 amide bonds. The molecule has 4 heteroatoms. The molecule has 0 bridgehead atoms. The Morgan fingerprint density at radius 3 is 2.13 bits per heavy atom. The fourth-order valence-electron chi connectivity index (χ4n) is 3.96. The highest BCUT2D eigenvalue weighted by atomic mass is 16.5. The molecule has 1 atom stereocenters. The van der Waals surface area contributed by atoms with E-state index >= 15 is 0 Å². The second-order valence-electron chi connectivity index (χ2n) is 9.53. The molecule has 1 N–H and O–H groups in total. The second kappa shape index (κ2) is 9.65. The summed E-state index contributed by atoms with van der Waals surface area (Å²) in [6, 6.07) is 16.5. The van der Waals surface area contributed by atoms with Crippen LogP contribution in [0.1, 0.15) is 75.0 Å². The Kier molecular flexibility index (Phi) is 7.19. The second-order valence-corrected chi connectivity index (χ2v) is 9.53. The minimum atomic E-state index is -0.0402. The van der Waals surface area contributed by atoms with Gasteiger partial charge < -0.3 is 10.1 Å². The highest BCUT2D eigenvalue weighted by Gasteiger charge is 2.25. The number of hydrogen-bond donors (Lipinski definition) is 1. The van der Waals surface area contributed by atoms with E-state index in [1.54, 1.807) is 0 Å². The van der Waals surface area contributed by atoms with Crippen molar-refractivity contribution in [3.05, 3.63) is 65.2 Å². The van der Waals surface area contributed by atoms with Crippen LogP contribution < -0.4 is 10.1 Å². The summed E-state index contributed by atoms with van der Waals surface area (Å²) in [6.45, 7) is 13.5. The lowest BCUT2D eigenvalue weighted by molar-refractivity contribution is 0.0938. The highest BCUT2D eigenvalue weighted by Crippen LogP contribution is 2.28. The number of likely N-dealkylation sites (tertiary alicyclic amines) is 1. The average molecular weight is 409 g/mol. The molecule has 1 heterocycles. The lowest BCUT2D eigenvalue weighted by Gasteiger charge is -2.29. The van der Waals surface area contributed by atoms with E-state index < -0.39 is 0 Å². The first kappa shape index (κ1) is 22.4. The van der Waals surface area contributed by atoms with Crippen molar-refractivity contribution < 1.29 is 9.53 Å². The Hall–Kier alpha value is -2.33. The van der Waals surface area contributed by atoms with Gasteiger partial charge >= 0.3 is 0 Å². The number of hydrogen-bond acceptors (Lipinski definition) is 3. The monoisotopic (exact) mass is 408 g/mol. The molecule has 0 aromatic heterocycles. The smallest absolute Gasteiger partial charge is 0.251 e. The number of ether oxygens (including phenoxy) is 1. The van der Waals surface area contributed by atoms with Gasteiger partial charge in [-0.25, -0.2) is 0 Å². The zero-order valence-corrected chi connectivity index (χ0v) is 19.1. The average Bonchev–Trinajstić information content (AvgIpc) is 3.22. The Morgan fingerprint density at radius 1 is 1.00 bits per heavy atom. The largest absolute Gasteiger partial charge is 0.491 e. The first-order chi connectivity index (χ1) is 14.2. The fourth-order valence-corrected chi connectivity index (χ4v) is 3.96. The predicted octanol–water partition coefficient (Wildman–Crippen LogP) is 5.34. The zero-order chi connectivity index (χ0) is 21.7. The molecule has 0 unspecified atom stereocenters. The van der Waals surface area contributed by atoms with Crippen LogP contribution in [0.25, 0.3) is 0 Å². The van der Waals surface area contributed by atoms with Gasteiger partial charge in [-0.3, -0.25) is 9.69 Å². The van der Waals surface area contributed by atoms with Gasteiger partial charge in [-0.1, -0.05) is 45.0 Å². The van der Waals surface area contributed by atoms with E-state index in [1.807, 2.05) is 38.1 Å². The quantitative estimate of drug-likeness (QED) is 0.672. The zero-order valence-electron chi connectivity index (χ0n) is 19.1. The minimum absolute atomic E-state index is 0.0402. The van der Waals surface area contributed by atoms with E-state index in [9.17, 15) is 4.79 Å². The number of nitrogens with zero attached hydrogens (tertiary/aromatic N) is 1. The maximum atomic E-state index is 12.7. The molecule has 0 saturated carbocycles. The molecule has 1 fully saturated rings. The normalized spacial score (nSPS) is 15.9. The summed E-state index contributed by atoms with van der Waals surface area (Å²) < 4.78 is 5.67. The van der Waals surface area contributed by atoms with E-state index in [4.69, 9.17) is 4.74 Å². The molecule has 30 heavy (non-hydrogen) atoms. The molecule has 1 aliphatic rings. The molecule has 0 spiro atoms. The molecular weight excluding hydrogens is 372 g/mol. The number of nitrogens with one attached hydrogen (secondary N) is 1. The Balaban J connectivity index is 1.69. The summed E-state index contributed by atoms with van der Waals surface area (Å²) in [4.78, 5) is 15.2. The van der Waals surface area contributed by atoms with Crippen LogP contribution in [0.15, 0.2) is 48.5 Å². The number of benzene rings is 2. The Morgan fingerprint density at radius 2 is 1.60 bits per heavy atom. The van der Waals surface area contributed by atoms with Crippen molar-refractivity contribution in [1.82, 2.24) is 10.2 Å². The van der Waals surface area contributed by atoms with Gasteiger partial charge in [0.25, 0.3) is 5.91 Å². The van der Waals surface area contributed by atoms with Gasteiger partial charge in [0.2, 0.25) is 0 Å². The van der Waals surface area contributed by atoms with Crippen LogP contribution in [-0.2, 0) is 5.41 Å². The molecular formula is C26H36N2O2. The molecule has 2 aromatic rings. The van der Waals surface area contributed by atoms with Crippen LogP contribution in [0.5, 0.6) is 5.75 Å². The maximum absolute atomic E-state index is 12.7. The maximum Gasteiger partial charge on any atom is 0.251 e. The minimum Gasteiger partial charge on any atom is -0.491 e. The van der Waals surface area contributed by atoms with Gasteiger partial charge in [0.1, 0.15) is 5.75 Å². The van der Waals surface area contributed by atoms with E-state index in [-0.39, 0.29) is 23.5 Å². The molecule has 3 rings (SSSR count). The lowest BCUT2D eigenvalue weighted by atomic mass is 9.86. The van der Waals surface area contributed by atoms with Crippen molar-refractivity contribution in [3.8, 4) is 5.75 Å². The molecule has 1 aliphatic heterocycles. The molecule has 162 valence electrons. The summed E-state index contributed by atoms with van der Waals surface area (Å²) in [7, 11) is 0. The molecule has 4 nitrogen and oxygen atoms in total. The van der Waals surface area contributed by atoms with Crippen molar-refractivity contribution in [2.45, 2.75) is 65.0 Å². The third kappa shape index (κ3) is 5.85. The number of carbonyl (C=O) groups is 1. The Bertz CT molecular complexity index is 814. The predicted molar refractivity (Wildman–Crippen MR) is 123 cm³/mol. The van der Waals surface area contributed by atoms with Crippen LogP contribution in [-0.4, -0.2) is 36.5 Å². The lowest BCUT2D eigenvalue weighted by Crippen LogP contribution is -2.36. The van der Waals surface area contributed by atoms with Crippen LogP contribution >= 0.6 is 0 Å². The number of rotatable bonds is 7.